The van der Waals surface area contributed by atoms with Gasteiger partial charge in [-0.05, 0) is 0 Å². The molecule has 0 aliphatic carbocycles. The first-order chi connectivity index (χ1) is 8.13. The van der Waals surface area contributed by atoms with Crippen LogP contribution >= 0.6 is 7.82 Å². The summed E-state index contributed by atoms with van der Waals surface area (Å²) in [5.41, 5.74) is 0. The number of aliphatic hydroxyl groups is 5. The van der Waals surface area contributed by atoms with E-state index in [1.165, 1.54) is 0 Å². The van der Waals surface area contributed by atoms with Gasteiger partial charge < -0.3 is 40.1 Å². The predicted molar refractivity (Wildman–Crippen MR) is 52.9 cm³/mol. The lowest BCUT2D eigenvalue weighted by Crippen LogP contribution is -2.61. The van der Waals surface area contributed by atoms with Gasteiger partial charge in [0.2, 0.25) is 0 Å². The molecule has 11 heteroatoms. The van der Waals surface area contributed by atoms with E-state index in [0.717, 1.165) is 0 Å². The molecular formula is C7H15O10P. The van der Waals surface area contributed by atoms with Crippen LogP contribution in [-0.4, -0.2) is 78.7 Å². The van der Waals surface area contributed by atoms with Gasteiger partial charge in [-0.25, -0.2) is 4.57 Å². The van der Waals surface area contributed by atoms with Gasteiger partial charge in [-0.15, -0.1) is 0 Å². The standard InChI is InChI=1S/C7H15O10P/c8-2(1-16-18(13,14)15)6-4(10)3(9)5(11)7(12)17-6/h2-12H,1H2,(H2,13,14,15)/t2-,3?,4+,5+,6?,7+/m1/s1. The van der Waals surface area contributed by atoms with Gasteiger partial charge in [0, 0.05) is 0 Å². The number of phosphoric acid groups is 1. The topological polar surface area (TPSA) is 177 Å². The average Bonchev–Trinajstić information content (AvgIpc) is 2.27. The first-order valence-electron chi connectivity index (χ1n) is 4.89. The zero-order chi connectivity index (χ0) is 14.1. The number of phosphoric ester groups is 1. The van der Waals surface area contributed by atoms with Crippen LogP contribution in [0.25, 0.3) is 0 Å². The maximum atomic E-state index is 10.4. The molecule has 0 radical (unpaired) electrons. The van der Waals surface area contributed by atoms with Gasteiger partial charge in [0.15, 0.2) is 6.29 Å². The highest BCUT2D eigenvalue weighted by Gasteiger charge is 2.46. The summed E-state index contributed by atoms with van der Waals surface area (Å²) in [5, 5.41) is 46.6. The van der Waals surface area contributed by atoms with Crippen molar-refractivity contribution in [2.45, 2.75) is 36.8 Å². The van der Waals surface area contributed by atoms with Crippen molar-refractivity contribution in [2.75, 3.05) is 6.61 Å². The third-order valence-corrected chi connectivity index (χ3v) is 2.90. The van der Waals surface area contributed by atoms with E-state index in [1.807, 2.05) is 0 Å². The van der Waals surface area contributed by atoms with Crippen molar-refractivity contribution < 1.29 is 49.1 Å². The maximum Gasteiger partial charge on any atom is 0.469 e. The Kier molecular flexibility index (Phi) is 5.21. The highest BCUT2D eigenvalue weighted by Crippen LogP contribution is 2.36. The fourth-order valence-electron chi connectivity index (χ4n) is 1.47. The summed E-state index contributed by atoms with van der Waals surface area (Å²) >= 11 is 0. The largest absolute Gasteiger partial charge is 0.469 e. The van der Waals surface area contributed by atoms with E-state index in [4.69, 9.17) is 20.0 Å². The Bertz CT molecular complexity index is 317. The van der Waals surface area contributed by atoms with Crippen LogP contribution in [0.5, 0.6) is 0 Å². The molecule has 0 aromatic heterocycles. The zero-order valence-electron chi connectivity index (χ0n) is 8.97. The lowest BCUT2D eigenvalue weighted by Gasteiger charge is -2.40. The predicted octanol–water partition coefficient (Wildman–Crippen LogP) is -3.74. The molecule has 0 saturated carbocycles. The summed E-state index contributed by atoms with van der Waals surface area (Å²) in [6.45, 7) is -0.887. The molecule has 1 saturated heterocycles. The van der Waals surface area contributed by atoms with Crippen molar-refractivity contribution in [2.24, 2.45) is 0 Å². The van der Waals surface area contributed by atoms with Crippen molar-refractivity contribution in [3.8, 4) is 0 Å². The molecule has 1 aliphatic heterocycles. The van der Waals surface area contributed by atoms with Gasteiger partial charge >= 0.3 is 7.82 Å². The summed E-state index contributed by atoms with van der Waals surface area (Å²) in [4.78, 5) is 16.8. The van der Waals surface area contributed by atoms with Crippen LogP contribution in [0.1, 0.15) is 0 Å². The van der Waals surface area contributed by atoms with Gasteiger partial charge in [-0.1, -0.05) is 0 Å². The van der Waals surface area contributed by atoms with Gasteiger partial charge in [0.25, 0.3) is 0 Å². The second kappa shape index (κ2) is 5.88. The summed E-state index contributed by atoms with van der Waals surface area (Å²) in [6.07, 6.45) is -10.4. The van der Waals surface area contributed by atoms with Gasteiger partial charge in [0.05, 0.1) is 6.61 Å². The minimum absolute atomic E-state index is 0.887. The Balaban J connectivity index is 2.62. The zero-order valence-corrected chi connectivity index (χ0v) is 9.87. The molecule has 7 N–H and O–H groups in total. The normalized spacial score (nSPS) is 39.6. The van der Waals surface area contributed by atoms with Gasteiger partial charge in [-0.3, -0.25) is 4.52 Å². The SMILES string of the molecule is O=P(O)(O)OC[C@@H](O)C1O[C@H](O)[C@@H](O)C(O)[C@@H]1O. The Labute approximate surface area is 101 Å². The molecule has 108 valence electrons. The van der Waals surface area contributed by atoms with E-state index in [1.54, 1.807) is 0 Å². The maximum absolute atomic E-state index is 10.4. The molecule has 6 atom stereocenters. The van der Waals surface area contributed by atoms with E-state index in [9.17, 15) is 19.9 Å². The Hall–Kier alpha value is -0.130. The fraction of sp³-hybridized carbons (Fsp3) is 1.00. The first kappa shape index (κ1) is 15.9. The molecule has 10 nitrogen and oxygen atoms in total. The monoisotopic (exact) mass is 290 g/mol. The van der Waals surface area contributed by atoms with Crippen LogP contribution in [0.3, 0.4) is 0 Å². The van der Waals surface area contributed by atoms with E-state index < -0.39 is 51.2 Å². The third kappa shape index (κ3) is 3.93. The quantitative estimate of drug-likeness (QED) is 0.254. The van der Waals surface area contributed by atoms with E-state index in [2.05, 4.69) is 9.26 Å². The molecular weight excluding hydrogens is 275 g/mol. The number of rotatable bonds is 4. The van der Waals surface area contributed by atoms with Gasteiger partial charge in [0.1, 0.15) is 30.5 Å². The van der Waals surface area contributed by atoms with Crippen LogP contribution in [0, 0.1) is 0 Å². The molecule has 1 aliphatic rings. The number of hydrogen-bond donors (Lipinski definition) is 7. The molecule has 0 bridgehead atoms. The number of hydrogen-bond acceptors (Lipinski definition) is 8. The highest BCUT2D eigenvalue weighted by molar-refractivity contribution is 7.46. The van der Waals surface area contributed by atoms with Crippen LogP contribution in [0.15, 0.2) is 0 Å². The molecule has 0 amide bonds. The van der Waals surface area contributed by atoms with E-state index in [0.29, 0.717) is 0 Å². The minimum atomic E-state index is -4.80. The second-order valence-corrected chi connectivity index (χ2v) is 5.06. The highest BCUT2D eigenvalue weighted by atomic mass is 31.2. The van der Waals surface area contributed by atoms with Gasteiger partial charge in [-0.2, -0.15) is 0 Å². The van der Waals surface area contributed by atoms with Crippen molar-refractivity contribution in [3.63, 3.8) is 0 Å². The minimum Gasteiger partial charge on any atom is -0.388 e. The van der Waals surface area contributed by atoms with Crippen molar-refractivity contribution in [3.05, 3.63) is 0 Å². The Morgan fingerprint density at radius 2 is 1.67 bits per heavy atom. The number of ether oxygens (including phenoxy) is 1. The molecule has 1 fully saturated rings. The Morgan fingerprint density at radius 1 is 1.11 bits per heavy atom. The lowest BCUT2D eigenvalue weighted by molar-refractivity contribution is -0.298. The van der Waals surface area contributed by atoms with Crippen molar-refractivity contribution in [1.82, 2.24) is 0 Å². The average molecular weight is 290 g/mol. The molecule has 1 heterocycles. The second-order valence-electron chi connectivity index (χ2n) is 3.82. The van der Waals surface area contributed by atoms with Crippen LogP contribution in [0.4, 0.5) is 0 Å². The molecule has 0 spiro atoms. The smallest absolute Gasteiger partial charge is 0.388 e. The summed E-state index contributed by atoms with van der Waals surface area (Å²) < 4.78 is 19.0. The van der Waals surface area contributed by atoms with Crippen LogP contribution in [0.2, 0.25) is 0 Å². The van der Waals surface area contributed by atoms with Crippen LogP contribution < -0.4 is 0 Å². The Morgan fingerprint density at radius 3 is 2.17 bits per heavy atom. The molecule has 1 rings (SSSR count). The molecule has 2 unspecified atom stereocenters. The first-order valence-corrected chi connectivity index (χ1v) is 6.42. The third-order valence-electron chi connectivity index (χ3n) is 2.42. The van der Waals surface area contributed by atoms with Crippen molar-refractivity contribution in [1.29, 1.82) is 0 Å². The summed E-state index contributed by atoms with van der Waals surface area (Å²) in [5.74, 6) is 0. The van der Waals surface area contributed by atoms with E-state index >= 15 is 0 Å². The lowest BCUT2D eigenvalue weighted by atomic mass is 9.96. The fourth-order valence-corrected chi connectivity index (χ4v) is 1.82. The summed E-state index contributed by atoms with van der Waals surface area (Å²) in [6, 6.07) is 0. The molecule has 0 aromatic rings. The summed E-state index contributed by atoms with van der Waals surface area (Å²) in [7, 11) is -4.80. The van der Waals surface area contributed by atoms with E-state index in [-0.39, 0.29) is 0 Å². The van der Waals surface area contributed by atoms with Crippen molar-refractivity contribution >= 4 is 7.82 Å². The molecule has 0 aromatic carbocycles. The van der Waals surface area contributed by atoms with Crippen LogP contribution in [-0.2, 0) is 13.8 Å². The molecule has 18 heavy (non-hydrogen) atoms. The number of aliphatic hydroxyl groups excluding tert-OH is 5.